The summed E-state index contributed by atoms with van der Waals surface area (Å²) in [5.41, 5.74) is 3.67. The standard InChI is InChI=1S/C21H24BrN3O4/c1-13(2)18(24-20(26)15-8-6-5-7-9-15)21(27)25-23-12-14-10-16(22)19(29-4)17(11-14)28-3/h5-13,18H,1-4H3,(H,24,26)(H,25,27)/b23-12+. The molecule has 0 spiro atoms. The Labute approximate surface area is 178 Å². The van der Waals surface area contributed by atoms with Crippen LogP contribution in [0.3, 0.4) is 0 Å². The molecule has 2 rings (SSSR count). The third-order valence-electron chi connectivity index (χ3n) is 4.12. The number of nitrogens with one attached hydrogen (secondary N) is 2. The fraction of sp³-hybridized carbons (Fsp3) is 0.286. The lowest BCUT2D eigenvalue weighted by Gasteiger charge is -2.20. The first-order valence-electron chi connectivity index (χ1n) is 8.97. The molecule has 2 N–H and O–H groups in total. The third-order valence-corrected chi connectivity index (χ3v) is 4.71. The van der Waals surface area contributed by atoms with Gasteiger partial charge in [0, 0.05) is 5.56 Å². The van der Waals surface area contributed by atoms with Crippen LogP contribution in [0.25, 0.3) is 0 Å². The van der Waals surface area contributed by atoms with E-state index >= 15 is 0 Å². The highest BCUT2D eigenvalue weighted by molar-refractivity contribution is 9.10. The molecule has 2 amide bonds. The maximum Gasteiger partial charge on any atom is 0.262 e. The van der Waals surface area contributed by atoms with Gasteiger partial charge in [0.25, 0.3) is 11.8 Å². The maximum atomic E-state index is 12.5. The van der Waals surface area contributed by atoms with E-state index in [2.05, 4.69) is 31.8 Å². The highest BCUT2D eigenvalue weighted by Gasteiger charge is 2.24. The normalized spacial score (nSPS) is 11.9. The van der Waals surface area contributed by atoms with Gasteiger partial charge in [-0.05, 0) is 51.7 Å². The van der Waals surface area contributed by atoms with Gasteiger partial charge in [-0.1, -0.05) is 32.0 Å². The number of hydrogen-bond acceptors (Lipinski definition) is 5. The van der Waals surface area contributed by atoms with Gasteiger partial charge in [-0.25, -0.2) is 5.43 Å². The zero-order valence-corrected chi connectivity index (χ0v) is 18.3. The van der Waals surface area contributed by atoms with Gasteiger partial charge >= 0.3 is 0 Å². The molecule has 1 atom stereocenters. The predicted octanol–water partition coefficient (Wildman–Crippen LogP) is 3.37. The van der Waals surface area contributed by atoms with Gasteiger partial charge in [0.2, 0.25) is 0 Å². The molecule has 0 bridgehead atoms. The first-order valence-corrected chi connectivity index (χ1v) is 9.77. The highest BCUT2D eigenvalue weighted by Crippen LogP contribution is 2.35. The molecule has 0 saturated heterocycles. The van der Waals surface area contributed by atoms with Crippen molar-refractivity contribution < 1.29 is 19.1 Å². The van der Waals surface area contributed by atoms with Crippen LogP contribution in [-0.4, -0.2) is 38.3 Å². The molecule has 0 saturated carbocycles. The Balaban J connectivity index is 2.07. The molecule has 0 aliphatic carbocycles. The van der Waals surface area contributed by atoms with E-state index in [1.807, 2.05) is 19.9 Å². The van der Waals surface area contributed by atoms with Crippen LogP contribution in [0.5, 0.6) is 11.5 Å². The van der Waals surface area contributed by atoms with E-state index in [0.717, 1.165) is 0 Å². The quantitative estimate of drug-likeness (QED) is 0.465. The molecule has 0 radical (unpaired) electrons. The minimum Gasteiger partial charge on any atom is -0.493 e. The number of nitrogens with zero attached hydrogens (tertiary/aromatic N) is 1. The van der Waals surface area contributed by atoms with E-state index in [4.69, 9.17) is 9.47 Å². The highest BCUT2D eigenvalue weighted by atomic mass is 79.9. The summed E-state index contributed by atoms with van der Waals surface area (Å²) in [5, 5.41) is 6.76. The second-order valence-electron chi connectivity index (χ2n) is 6.53. The molecule has 7 nitrogen and oxygen atoms in total. The lowest BCUT2D eigenvalue weighted by atomic mass is 10.0. The average molecular weight is 462 g/mol. The number of amides is 2. The number of benzene rings is 2. The van der Waals surface area contributed by atoms with Crippen molar-refractivity contribution in [2.75, 3.05) is 14.2 Å². The molecular weight excluding hydrogens is 438 g/mol. The van der Waals surface area contributed by atoms with Crippen LogP contribution in [0.1, 0.15) is 29.8 Å². The lowest BCUT2D eigenvalue weighted by molar-refractivity contribution is -0.123. The van der Waals surface area contributed by atoms with E-state index in [0.29, 0.717) is 27.1 Å². The zero-order valence-electron chi connectivity index (χ0n) is 16.7. The van der Waals surface area contributed by atoms with Crippen molar-refractivity contribution in [3.05, 3.63) is 58.1 Å². The van der Waals surface area contributed by atoms with Gasteiger partial charge in [0.1, 0.15) is 6.04 Å². The van der Waals surface area contributed by atoms with Gasteiger partial charge in [0.05, 0.1) is 24.9 Å². The Kier molecular flexibility index (Phi) is 8.21. The molecule has 0 aliphatic rings. The summed E-state index contributed by atoms with van der Waals surface area (Å²) < 4.78 is 11.3. The van der Waals surface area contributed by atoms with Crippen LogP contribution in [0.15, 0.2) is 52.0 Å². The largest absolute Gasteiger partial charge is 0.493 e. The van der Waals surface area contributed by atoms with E-state index in [1.54, 1.807) is 43.5 Å². The van der Waals surface area contributed by atoms with Crippen LogP contribution in [0.4, 0.5) is 0 Å². The molecule has 8 heteroatoms. The summed E-state index contributed by atoms with van der Waals surface area (Å²) in [6, 6.07) is 11.5. The van der Waals surface area contributed by atoms with Crippen LogP contribution in [-0.2, 0) is 4.79 Å². The summed E-state index contributed by atoms with van der Waals surface area (Å²) in [4.78, 5) is 24.9. The number of hydrazone groups is 1. The van der Waals surface area contributed by atoms with Crippen molar-refractivity contribution >= 4 is 34.0 Å². The van der Waals surface area contributed by atoms with Gasteiger partial charge < -0.3 is 14.8 Å². The van der Waals surface area contributed by atoms with Gasteiger partial charge in [0.15, 0.2) is 11.5 Å². The predicted molar refractivity (Wildman–Crippen MR) is 116 cm³/mol. The van der Waals surface area contributed by atoms with Crippen molar-refractivity contribution in [2.45, 2.75) is 19.9 Å². The molecule has 2 aromatic carbocycles. The zero-order chi connectivity index (χ0) is 21.4. The number of rotatable bonds is 8. The first-order chi connectivity index (χ1) is 13.9. The number of methoxy groups -OCH3 is 2. The summed E-state index contributed by atoms with van der Waals surface area (Å²) in [6.07, 6.45) is 1.49. The Bertz CT molecular complexity index is 885. The minimum atomic E-state index is -0.725. The Morgan fingerprint density at radius 1 is 1.10 bits per heavy atom. The number of ether oxygens (including phenoxy) is 2. The molecule has 1 unspecified atom stereocenters. The van der Waals surface area contributed by atoms with Crippen LogP contribution in [0.2, 0.25) is 0 Å². The summed E-state index contributed by atoms with van der Waals surface area (Å²) in [5.74, 6) is 0.266. The van der Waals surface area contributed by atoms with E-state index in [1.165, 1.54) is 13.3 Å². The molecule has 0 aromatic heterocycles. The van der Waals surface area contributed by atoms with E-state index in [9.17, 15) is 9.59 Å². The smallest absolute Gasteiger partial charge is 0.262 e. The van der Waals surface area contributed by atoms with Crippen molar-refractivity contribution in [3.8, 4) is 11.5 Å². The molecule has 29 heavy (non-hydrogen) atoms. The molecule has 0 heterocycles. The molecule has 0 aliphatic heterocycles. The van der Waals surface area contributed by atoms with Gasteiger partial charge in [-0.2, -0.15) is 5.10 Å². The number of halogens is 1. The second-order valence-corrected chi connectivity index (χ2v) is 7.39. The monoisotopic (exact) mass is 461 g/mol. The Morgan fingerprint density at radius 2 is 1.79 bits per heavy atom. The summed E-state index contributed by atoms with van der Waals surface area (Å²) >= 11 is 3.41. The third kappa shape index (κ3) is 6.05. The lowest BCUT2D eigenvalue weighted by Crippen LogP contribution is -2.48. The number of hydrogen-bond donors (Lipinski definition) is 2. The van der Waals surface area contributed by atoms with Crippen LogP contribution in [0, 0.1) is 5.92 Å². The maximum absolute atomic E-state index is 12.5. The van der Waals surface area contributed by atoms with Crippen LogP contribution >= 0.6 is 15.9 Å². The second kappa shape index (κ2) is 10.6. The fourth-order valence-electron chi connectivity index (χ4n) is 2.60. The minimum absolute atomic E-state index is 0.118. The van der Waals surface area contributed by atoms with E-state index in [-0.39, 0.29) is 11.8 Å². The van der Waals surface area contributed by atoms with Crippen molar-refractivity contribution in [2.24, 2.45) is 11.0 Å². The SMILES string of the molecule is COc1cc(/C=N/NC(=O)C(NC(=O)c2ccccc2)C(C)C)cc(Br)c1OC. The van der Waals surface area contributed by atoms with Crippen molar-refractivity contribution in [3.63, 3.8) is 0 Å². The first kappa shape index (κ1) is 22.4. The molecule has 0 fully saturated rings. The van der Waals surface area contributed by atoms with Gasteiger partial charge in [-0.3, -0.25) is 9.59 Å². The number of carbonyl (C=O) groups is 2. The molecule has 2 aromatic rings. The van der Waals surface area contributed by atoms with Crippen molar-refractivity contribution in [1.82, 2.24) is 10.7 Å². The summed E-state index contributed by atoms with van der Waals surface area (Å²) in [6.45, 7) is 3.70. The van der Waals surface area contributed by atoms with Crippen molar-refractivity contribution in [1.29, 1.82) is 0 Å². The molecular formula is C21H24BrN3O4. The van der Waals surface area contributed by atoms with Crippen LogP contribution < -0.4 is 20.2 Å². The molecule has 154 valence electrons. The average Bonchev–Trinajstić information content (AvgIpc) is 2.71. The Morgan fingerprint density at radius 3 is 2.38 bits per heavy atom. The van der Waals surface area contributed by atoms with Gasteiger partial charge in [-0.15, -0.1) is 0 Å². The Hall–Kier alpha value is -2.87. The fourth-order valence-corrected chi connectivity index (χ4v) is 3.22. The topological polar surface area (TPSA) is 89.0 Å². The summed E-state index contributed by atoms with van der Waals surface area (Å²) in [7, 11) is 3.09. The van der Waals surface area contributed by atoms with E-state index < -0.39 is 11.9 Å². The number of carbonyl (C=O) groups excluding carboxylic acids is 2.